The SMILES string of the molecule is CC1(Br)C(=O)OC2CCCC21. The van der Waals surface area contributed by atoms with E-state index in [1.807, 2.05) is 6.92 Å². The monoisotopic (exact) mass is 218 g/mol. The lowest BCUT2D eigenvalue weighted by atomic mass is 9.94. The summed E-state index contributed by atoms with van der Waals surface area (Å²) in [6.45, 7) is 1.92. The molecule has 0 spiro atoms. The van der Waals surface area contributed by atoms with E-state index >= 15 is 0 Å². The number of hydrogen-bond acceptors (Lipinski definition) is 2. The fourth-order valence-corrected chi connectivity index (χ4v) is 2.71. The number of carbonyl (C=O) groups excluding carboxylic acids is 1. The van der Waals surface area contributed by atoms with Crippen LogP contribution in [-0.2, 0) is 9.53 Å². The molecule has 2 nitrogen and oxygen atoms in total. The predicted octanol–water partition coefficient (Wildman–Crippen LogP) is 1.87. The molecule has 0 radical (unpaired) electrons. The zero-order valence-electron chi connectivity index (χ0n) is 6.47. The van der Waals surface area contributed by atoms with Crippen LogP contribution >= 0.6 is 15.9 Å². The first-order valence-electron chi connectivity index (χ1n) is 4.02. The van der Waals surface area contributed by atoms with Crippen molar-refractivity contribution in [3.63, 3.8) is 0 Å². The zero-order valence-corrected chi connectivity index (χ0v) is 8.06. The van der Waals surface area contributed by atoms with E-state index < -0.39 is 4.32 Å². The van der Waals surface area contributed by atoms with E-state index in [2.05, 4.69) is 15.9 Å². The summed E-state index contributed by atoms with van der Waals surface area (Å²) < 4.78 is 4.82. The fourth-order valence-electron chi connectivity index (χ4n) is 2.09. The molecule has 0 amide bonds. The third-order valence-electron chi connectivity index (χ3n) is 2.81. The minimum Gasteiger partial charge on any atom is -0.461 e. The van der Waals surface area contributed by atoms with Gasteiger partial charge in [0.2, 0.25) is 0 Å². The molecular formula is C8H11BrO2. The highest BCUT2D eigenvalue weighted by Crippen LogP contribution is 2.47. The molecule has 1 saturated carbocycles. The maximum Gasteiger partial charge on any atom is 0.323 e. The lowest BCUT2D eigenvalue weighted by molar-refractivity contribution is -0.142. The van der Waals surface area contributed by atoms with Gasteiger partial charge >= 0.3 is 5.97 Å². The lowest BCUT2D eigenvalue weighted by Gasteiger charge is -2.16. The van der Waals surface area contributed by atoms with Crippen molar-refractivity contribution >= 4 is 21.9 Å². The van der Waals surface area contributed by atoms with Crippen LogP contribution in [-0.4, -0.2) is 16.4 Å². The summed E-state index contributed by atoms with van der Waals surface area (Å²) in [5, 5.41) is 0. The summed E-state index contributed by atoms with van der Waals surface area (Å²) in [5.74, 6) is 0.335. The van der Waals surface area contributed by atoms with E-state index in [0.717, 1.165) is 12.8 Å². The van der Waals surface area contributed by atoms with Gasteiger partial charge in [0.15, 0.2) is 0 Å². The Balaban J connectivity index is 2.27. The molecule has 0 aromatic carbocycles. The minimum absolute atomic E-state index is 0.0767. The molecule has 3 heteroatoms. The normalized spacial score (nSPS) is 49.1. The summed E-state index contributed by atoms with van der Waals surface area (Å²) in [6.07, 6.45) is 3.58. The van der Waals surface area contributed by atoms with Gasteiger partial charge in [0.25, 0.3) is 0 Å². The van der Waals surface area contributed by atoms with E-state index in [0.29, 0.717) is 5.92 Å². The molecule has 1 aliphatic heterocycles. The number of alkyl halides is 1. The van der Waals surface area contributed by atoms with Gasteiger partial charge in [0.05, 0.1) is 0 Å². The standard InChI is InChI=1S/C8H11BrO2/c1-8(9)5-3-2-4-6(5)11-7(8)10/h5-6H,2-4H2,1H3. The fraction of sp³-hybridized carbons (Fsp3) is 0.875. The Hall–Kier alpha value is -0.0500. The first-order chi connectivity index (χ1) is 5.12. The third kappa shape index (κ3) is 0.934. The van der Waals surface area contributed by atoms with E-state index in [1.165, 1.54) is 6.42 Å². The highest BCUT2D eigenvalue weighted by Gasteiger charge is 2.54. The average molecular weight is 219 g/mol. The number of fused-ring (bicyclic) bond motifs is 1. The molecule has 0 aromatic heterocycles. The quantitative estimate of drug-likeness (QED) is 0.459. The van der Waals surface area contributed by atoms with Crippen molar-refractivity contribution < 1.29 is 9.53 Å². The van der Waals surface area contributed by atoms with Crippen molar-refractivity contribution in [1.29, 1.82) is 0 Å². The van der Waals surface area contributed by atoms with Gasteiger partial charge in [-0.2, -0.15) is 0 Å². The number of rotatable bonds is 0. The predicted molar refractivity (Wildman–Crippen MR) is 44.6 cm³/mol. The molecule has 0 aromatic rings. The van der Waals surface area contributed by atoms with Crippen molar-refractivity contribution in [2.45, 2.75) is 36.6 Å². The largest absolute Gasteiger partial charge is 0.461 e. The van der Waals surface area contributed by atoms with Gasteiger partial charge in [-0.3, -0.25) is 4.79 Å². The van der Waals surface area contributed by atoms with E-state index in [9.17, 15) is 4.79 Å². The van der Waals surface area contributed by atoms with Crippen LogP contribution in [0.4, 0.5) is 0 Å². The maximum absolute atomic E-state index is 11.2. The average Bonchev–Trinajstić information content (AvgIpc) is 2.41. The molecule has 1 saturated heterocycles. The maximum atomic E-state index is 11.2. The van der Waals surface area contributed by atoms with Gasteiger partial charge in [-0.15, -0.1) is 0 Å². The van der Waals surface area contributed by atoms with Crippen LogP contribution in [0.5, 0.6) is 0 Å². The zero-order chi connectivity index (χ0) is 8.06. The second-order valence-corrected chi connectivity index (χ2v) is 5.20. The molecule has 2 aliphatic rings. The molecular weight excluding hydrogens is 208 g/mol. The van der Waals surface area contributed by atoms with Gasteiger partial charge in [-0.25, -0.2) is 0 Å². The van der Waals surface area contributed by atoms with E-state index in [1.54, 1.807) is 0 Å². The molecule has 1 heterocycles. The number of ether oxygens (including phenoxy) is 1. The highest BCUT2D eigenvalue weighted by molar-refractivity contribution is 9.10. The van der Waals surface area contributed by atoms with Crippen LogP contribution in [0, 0.1) is 5.92 Å². The Morgan fingerprint density at radius 3 is 3.00 bits per heavy atom. The van der Waals surface area contributed by atoms with E-state index in [-0.39, 0.29) is 12.1 Å². The van der Waals surface area contributed by atoms with Crippen molar-refractivity contribution in [2.24, 2.45) is 5.92 Å². The number of hydrogen-bond donors (Lipinski definition) is 0. The number of halogens is 1. The van der Waals surface area contributed by atoms with Gasteiger partial charge in [-0.1, -0.05) is 15.9 Å². The summed E-state index contributed by atoms with van der Waals surface area (Å²) >= 11 is 3.44. The van der Waals surface area contributed by atoms with Gasteiger partial charge in [-0.05, 0) is 26.2 Å². The van der Waals surface area contributed by atoms with Crippen LogP contribution in [0.2, 0.25) is 0 Å². The highest BCUT2D eigenvalue weighted by atomic mass is 79.9. The lowest BCUT2D eigenvalue weighted by Crippen LogP contribution is -2.29. The van der Waals surface area contributed by atoms with Crippen molar-refractivity contribution in [3.05, 3.63) is 0 Å². The molecule has 3 atom stereocenters. The van der Waals surface area contributed by atoms with Crippen molar-refractivity contribution in [1.82, 2.24) is 0 Å². The van der Waals surface area contributed by atoms with Gasteiger partial charge in [0, 0.05) is 5.92 Å². The van der Waals surface area contributed by atoms with Gasteiger partial charge in [0.1, 0.15) is 10.4 Å². The van der Waals surface area contributed by atoms with Crippen LogP contribution in [0.3, 0.4) is 0 Å². The third-order valence-corrected chi connectivity index (χ3v) is 3.72. The summed E-state index contributed by atoms with van der Waals surface area (Å²) in [7, 11) is 0. The Morgan fingerprint density at radius 2 is 2.36 bits per heavy atom. The van der Waals surface area contributed by atoms with Crippen LogP contribution in [0.15, 0.2) is 0 Å². The molecule has 2 rings (SSSR count). The molecule has 1 aliphatic carbocycles. The molecule has 2 fully saturated rings. The van der Waals surface area contributed by atoms with Crippen LogP contribution < -0.4 is 0 Å². The van der Waals surface area contributed by atoms with Gasteiger partial charge < -0.3 is 4.74 Å². The topological polar surface area (TPSA) is 26.3 Å². The van der Waals surface area contributed by atoms with Crippen molar-refractivity contribution in [3.8, 4) is 0 Å². The van der Waals surface area contributed by atoms with E-state index in [4.69, 9.17) is 4.74 Å². The van der Waals surface area contributed by atoms with Crippen LogP contribution in [0.25, 0.3) is 0 Å². The Morgan fingerprint density at radius 1 is 1.64 bits per heavy atom. The summed E-state index contributed by atoms with van der Waals surface area (Å²) in [6, 6.07) is 0. The first kappa shape index (κ1) is 7.59. The smallest absolute Gasteiger partial charge is 0.323 e. The molecule has 0 N–H and O–H groups in total. The minimum atomic E-state index is -0.395. The first-order valence-corrected chi connectivity index (χ1v) is 4.81. The Labute approximate surface area is 74.4 Å². The summed E-state index contributed by atoms with van der Waals surface area (Å²) in [4.78, 5) is 11.2. The second kappa shape index (κ2) is 2.22. The second-order valence-electron chi connectivity index (χ2n) is 3.56. The number of carbonyl (C=O) groups is 1. The summed E-state index contributed by atoms with van der Waals surface area (Å²) in [5.41, 5.74) is 0. The molecule has 11 heavy (non-hydrogen) atoms. The molecule has 3 unspecified atom stereocenters. The molecule has 62 valence electrons. The van der Waals surface area contributed by atoms with Crippen molar-refractivity contribution in [2.75, 3.05) is 0 Å². The Bertz CT molecular complexity index is 200. The molecule has 0 bridgehead atoms. The van der Waals surface area contributed by atoms with Crippen LogP contribution in [0.1, 0.15) is 26.2 Å². The number of esters is 1. The Kier molecular flexibility index (Phi) is 1.53.